The lowest BCUT2D eigenvalue weighted by atomic mass is 9.91. The van der Waals surface area contributed by atoms with Crippen LogP contribution in [0.4, 0.5) is 17.1 Å². The Labute approximate surface area is 357 Å². The van der Waals surface area contributed by atoms with E-state index in [9.17, 15) is 0 Å². The molecule has 0 aliphatic heterocycles. The molecule has 2 heteroatoms. The van der Waals surface area contributed by atoms with Gasteiger partial charge in [0.15, 0.2) is 0 Å². The van der Waals surface area contributed by atoms with Crippen LogP contribution in [0, 0.1) is 5.92 Å². The van der Waals surface area contributed by atoms with E-state index in [-0.39, 0.29) is 0 Å². The standard InChI is InChI=1S/C59H43NO/c1-40-10-6-13-46(36-40)50-16-8-17-54(39-50)60(53-34-30-45(31-35-53)55-19-9-20-57-56-18-4-5-21-58(56)61-59(55)57)52-32-28-43(29-33-52)42-22-24-44(25-23-42)48-14-7-15-49(37-48)51-27-26-41-11-2-3-12-47(41)38-51/h2-35,37-40H,36H2,1H3. The number of allylic oxidation sites excluding steroid dienone is 4. The highest BCUT2D eigenvalue weighted by atomic mass is 16.3. The van der Waals surface area contributed by atoms with Crippen molar-refractivity contribution in [3.8, 4) is 44.5 Å². The molecular weight excluding hydrogens is 739 g/mol. The normalized spacial score (nSPS) is 13.8. The lowest BCUT2D eigenvalue weighted by Crippen LogP contribution is -2.10. The zero-order valence-electron chi connectivity index (χ0n) is 34.0. The Kier molecular flexibility index (Phi) is 9.24. The maximum atomic E-state index is 6.42. The fourth-order valence-corrected chi connectivity index (χ4v) is 9.02. The molecule has 0 fully saturated rings. The molecule has 2 nitrogen and oxygen atoms in total. The highest BCUT2D eigenvalue weighted by Crippen LogP contribution is 2.41. The molecule has 1 aliphatic rings. The number of benzene rings is 9. The molecule has 61 heavy (non-hydrogen) atoms. The summed E-state index contributed by atoms with van der Waals surface area (Å²) >= 11 is 0. The first kappa shape index (κ1) is 36.4. The smallest absolute Gasteiger partial charge is 0.143 e. The molecule has 1 aromatic heterocycles. The van der Waals surface area contributed by atoms with Crippen LogP contribution >= 0.6 is 0 Å². The van der Waals surface area contributed by atoms with Crippen molar-refractivity contribution in [1.29, 1.82) is 0 Å². The molecule has 10 aromatic rings. The zero-order chi connectivity index (χ0) is 40.7. The molecule has 0 spiro atoms. The van der Waals surface area contributed by atoms with E-state index in [1.54, 1.807) is 0 Å². The minimum Gasteiger partial charge on any atom is -0.455 e. The zero-order valence-corrected chi connectivity index (χ0v) is 34.0. The van der Waals surface area contributed by atoms with Gasteiger partial charge in [0.1, 0.15) is 11.2 Å². The summed E-state index contributed by atoms with van der Waals surface area (Å²) in [6.45, 7) is 2.28. The van der Waals surface area contributed by atoms with Crippen molar-refractivity contribution in [3.63, 3.8) is 0 Å². The number of fused-ring (bicyclic) bond motifs is 4. The van der Waals surface area contributed by atoms with Crippen molar-refractivity contribution in [1.82, 2.24) is 0 Å². The van der Waals surface area contributed by atoms with E-state index in [1.807, 2.05) is 12.1 Å². The fraction of sp³-hybridized carbons (Fsp3) is 0.0508. The van der Waals surface area contributed by atoms with E-state index in [0.29, 0.717) is 5.92 Å². The SMILES string of the molecule is CC1C=CC=C(c2cccc(N(c3ccc(-c4ccc(-c5cccc(-c6ccc7ccccc7c6)c5)cc4)cc3)c3ccc(-c4cccc5c4oc4ccccc45)cc3)c2)C1. The van der Waals surface area contributed by atoms with Crippen molar-refractivity contribution in [2.24, 2.45) is 5.92 Å². The quantitative estimate of drug-likeness (QED) is 0.153. The number of nitrogens with zero attached hydrogens (tertiary/aromatic N) is 1. The van der Waals surface area contributed by atoms with Crippen LogP contribution in [0.25, 0.3) is 82.8 Å². The van der Waals surface area contributed by atoms with E-state index < -0.39 is 0 Å². The Hall–Kier alpha value is -7.68. The molecule has 0 bridgehead atoms. The minimum atomic E-state index is 0.519. The highest BCUT2D eigenvalue weighted by Gasteiger charge is 2.18. The van der Waals surface area contributed by atoms with Crippen LogP contribution in [0.15, 0.2) is 229 Å². The first-order valence-electron chi connectivity index (χ1n) is 21.2. The summed E-state index contributed by atoms with van der Waals surface area (Å²) in [5.41, 5.74) is 17.2. The Morgan fingerprint density at radius 3 is 1.77 bits per heavy atom. The Balaban J connectivity index is 0.912. The molecule has 290 valence electrons. The molecule has 0 N–H and O–H groups in total. The van der Waals surface area contributed by atoms with Crippen LogP contribution < -0.4 is 4.90 Å². The summed E-state index contributed by atoms with van der Waals surface area (Å²) in [7, 11) is 0. The van der Waals surface area contributed by atoms with E-state index in [1.165, 1.54) is 55.3 Å². The van der Waals surface area contributed by atoms with E-state index in [4.69, 9.17) is 4.42 Å². The van der Waals surface area contributed by atoms with Gasteiger partial charge in [0.05, 0.1) is 0 Å². The van der Waals surface area contributed by atoms with Gasteiger partial charge >= 0.3 is 0 Å². The van der Waals surface area contributed by atoms with E-state index in [0.717, 1.165) is 56.5 Å². The van der Waals surface area contributed by atoms with Crippen molar-refractivity contribution < 1.29 is 4.42 Å². The van der Waals surface area contributed by atoms with Gasteiger partial charge in [-0.25, -0.2) is 0 Å². The second-order valence-electron chi connectivity index (χ2n) is 16.2. The molecule has 9 aromatic carbocycles. The van der Waals surface area contributed by atoms with Gasteiger partial charge in [-0.2, -0.15) is 0 Å². The molecule has 0 saturated heterocycles. The van der Waals surface area contributed by atoms with Crippen LogP contribution in [0.2, 0.25) is 0 Å². The molecule has 0 radical (unpaired) electrons. The molecular formula is C59H43NO. The lowest BCUT2D eigenvalue weighted by molar-refractivity contribution is 0.670. The Bertz CT molecular complexity index is 3270. The van der Waals surface area contributed by atoms with Crippen LogP contribution in [0.5, 0.6) is 0 Å². The third-order valence-corrected chi connectivity index (χ3v) is 12.2. The molecule has 0 amide bonds. The van der Waals surface area contributed by atoms with Crippen LogP contribution in [-0.2, 0) is 0 Å². The second kappa shape index (κ2) is 15.5. The van der Waals surface area contributed by atoms with Gasteiger partial charge in [-0.05, 0) is 128 Å². The summed E-state index contributed by atoms with van der Waals surface area (Å²) in [4.78, 5) is 2.37. The third-order valence-electron chi connectivity index (χ3n) is 12.2. The monoisotopic (exact) mass is 781 g/mol. The largest absolute Gasteiger partial charge is 0.455 e. The molecule has 1 aliphatic carbocycles. The average Bonchev–Trinajstić information content (AvgIpc) is 3.71. The van der Waals surface area contributed by atoms with Crippen molar-refractivity contribution in [3.05, 3.63) is 230 Å². The fourth-order valence-electron chi connectivity index (χ4n) is 9.02. The van der Waals surface area contributed by atoms with Crippen molar-refractivity contribution in [2.75, 3.05) is 4.90 Å². The summed E-state index contributed by atoms with van der Waals surface area (Å²) in [6.07, 6.45) is 7.78. The van der Waals surface area contributed by atoms with Gasteiger partial charge in [0.2, 0.25) is 0 Å². The van der Waals surface area contributed by atoms with E-state index >= 15 is 0 Å². The van der Waals surface area contributed by atoms with Crippen molar-refractivity contribution >= 4 is 55.3 Å². The van der Waals surface area contributed by atoms with Crippen molar-refractivity contribution in [2.45, 2.75) is 13.3 Å². The Morgan fingerprint density at radius 2 is 1.00 bits per heavy atom. The minimum absolute atomic E-state index is 0.519. The Morgan fingerprint density at radius 1 is 0.426 bits per heavy atom. The number of furan rings is 1. The summed E-state index contributed by atoms with van der Waals surface area (Å²) in [5, 5.41) is 4.79. The lowest BCUT2D eigenvalue weighted by Gasteiger charge is -2.27. The summed E-state index contributed by atoms with van der Waals surface area (Å²) < 4.78 is 6.42. The molecule has 0 saturated carbocycles. The predicted octanol–water partition coefficient (Wildman–Crippen LogP) is 16.9. The molecule has 1 heterocycles. The average molecular weight is 782 g/mol. The van der Waals surface area contributed by atoms with E-state index in [2.05, 4.69) is 224 Å². The maximum Gasteiger partial charge on any atom is 0.143 e. The third kappa shape index (κ3) is 7.03. The van der Waals surface area contributed by atoms with Gasteiger partial charge < -0.3 is 9.32 Å². The second-order valence-corrected chi connectivity index (χ2v) is 16.2. The number of hydrogen-bond acceptors (Lipinski definition) is 2. The number of rotatable bonds is 8. The van der Waals surface area contributed by atoms with Gasteiger partial charge in [0, 0.05) is 33.4 Å². The molecule has 11 rings (SSSR count). The number of para-hydroxylation sites is 2. The van der Waals surface area contributed by atoms with Crippen LogP contribution in [-0.4, -0.2) is 0 Å². The number of hydrogen-bond donors (Lipinski definition) is 0. The topological polar surface area (TPSA) is 16.4 Å². The van der Waals surface area contributed by atoms with Gasteiger partial charge in [-0.3, -0.25) is 0 Å². The predicted molar refractivity (Wildman–Crippen MR) is 259 cm³/mol. The van der Waals surface area contributed by atoms with Crippen LogP contribution in [0.1, 0.15) is 18.9 Å². The van der Waals surface area contributed by atoms with Crippen LogP contribution in [0.3, 0.4) is 0 Å². The summed E-state index contributed by atoms with van der Waals surface area (Å²) in [6, 6.07) is 74.6. The summed E-state index contributed by atoms with van der Waals surface area (Å²) in [5.74, 6) is 0.519. The highest BCUT2D eigenvalue weighted by molar-refractivity contribution is 6.09. The maximum absolute atomic E-state index is 6.42. The first-order chi connectivity index (χ1) is 30.1. The number of anilines is 3. The molecule has 1 unspecified atom stereocenters. The molecule has 1 atom stereocenters. The first-order valence-corrected chi connectivity index (χ1v) is 21.2. The van der Waals surface area contributed by atoms with Gasteiger partial charge in [-0.1, -0.05) is 177 Å². The van der Waals surface area contributed by atoms with Gasteiger partial charge in [0.25, 0.3) is 0 Å². The van der Waals surface area contributed by atoms with Gasteiger partial charge in [-0.15, -0.1) is 0 Å².